The van der Waals surface area contributed by atoms with Crippen LogP contribution in [0.3, 0.4) is 0 Å². The zero-order valence-electron chi connectivity index (χ0n) is 9.57. The van der Waals surface area contributed by atoms with Gasteiger partial charge in [-0.15, -0.1) is 0 Å². The SMILES string of the molecule is CNC1CCCC1c1cc2ccccc2o1. The summed E-state index contributed by atoms with van der Waals surface area (Å²) in [7, 11) is 2.05. The Morgan fingerprint density at radius 3 is 2.94 bits per heavy atom. The van der Waals surface area contributed by atoms with Crippen molar-refractivity contribution in [3.8, 4) is 0 Å². The highest BCUT2D eigenvalue weighted by molar-refractivity contribution is 5.77. The smallest absolute Gasteiger partial charge is 0.134 e. The number of para-hydroxylation sites is 1. The highest BCUT2D eigenvalue weighted by atomic mass is 16.3. The van der Waals surface area contributed by atoms with E-state index in [0.717, 1.165) is 11.3 Å². The Kier molecular flexibility index (Phi) is 2.44. The molecule has 0 amide bonds. The topological polar surface area (TPSA) is 25.2 Å². The molecule has 84 valence electrons. The molecule has 1 fully saturated rings. The van der Waals surface area contributed by atoms with Crippen LogP contribution in [0, 0.1) is 0 Å². The van der Waals surface area contributed by atoms with Crippen molar-refractivity contribution in [1.82, 2.24) is 5.32 Å². The molecule has 0 radical (unpaired) electrons. The second kappa shape index (κ2) is 3.95. The van der Waals surface area contributed by atoms with Gasteiger partial charge in [0, 0.05) is 17.3 Å². The Bertz CT molecular complexity index is 455. The minimum atomic E-state index is 0.553. The molecule has 2 atom stereocenters. The molecule has 1 aliphatic rings. The number of fused-ring (bicyclic) bond motifs is 1. The summed E-state index contributed by atoms with van der Waals surface area (Å²) in [5.41, 5.74) is 1.01. The molecular formula is C14H17NO. The van der Waals surface area contributed by atoms with Crippen molar-refractivity contribution >= 4 is 11.0 Å². The lowest BCUT2D eigenvalue weighted by Gasteiger charge is -2.16. The fraction of sp³-hybridized carbons (Fsp3) is 0.429. The van der Waals surface area contributed by atoms with E-state index in [4.69, 9.17) is 4.42 Å². The van der Waals surface area contributed by atoms with Gasteiger partial charge in [-0.3, -0.25) is 0 Å². The van der Waals surface area contributed by atoms with Crippen molar-refractivity contribution in [2.75, 3.05) is 7.05 Å². The van der Waals surface area contributed by atoms with Gasteiger partial charge in [0.15, 0.2) is 0 Å². The fourth-order valence-electron chi connectivity index (χ4n) is 2.83. The van der Waals surface area contributed by atoms with Gasteiger partial charge in [-0.1, -0.05) is 24.6 Å². The lowest BCUT2D eigenvalue weighted by Crippen LogP contribution is -2.27. The third-order valence-electron chi connectivity index (χ3n) is 3.70. The molecule has 3 rings (SSSR count). The van der Waals surface area contributed by atoms with Crippen molar-refractivity contribution in [3.05, 3.63) is 36.1 Å². The van der Waals surface area contributed by atoms with Crippen LogP contribution >= 0.6 is 0 Å². The van der Waals surface area contributed by atoms with E-state index in [-0.39, 0.29) is 0 Å². The first kappa shape index (κ1) is 9.91. The minimum Gasteiger partial charge on any atom is -0.461 e. The van der Waals surface area contributed by atoms with Crippen molar-refractivity contribution in [3.63, 3.8) is 0 Å². The zero-order valence-corrected chi connectivity index (χ0v) is 9.57. The van der Waals surface area contributed by atoms with E-state index in [1.165, 1.54) is 24.6 Å². The molecule has 2 aromatic rings. The fourth-order valence-corrected chi connectivity index (χ4v) is 2.83. The minimum absolute atomic E-state index is 0.553. The molecule has 16 heavy (non-hydrogen) atoms. The predicted molar refractivity (Wildman–Crippen MR) is 65.7 cm³/mol. The summed E-state index contributed by atoms with van der Waals surface area (Å²) in [6.07, 6.45) is 3.80. The normalized spacial score (nSPS) is 25.3. The van der Waals surface area contributed by atoms with Gasteiger partial charge in [-0.05, 0) is 32.0 Å². The average molecular weight is 215 g/mol. The number of hydrogen-bond acceptors (Lipinski definition) is 2. The standard InChI is InChI=1S/C14H17NO/c1-15-12-7-4-6-11(12)14-9-10-5-2-3-8-13(10)16-14/h2-3,5,8-9,11-12,15H,4,6-7H2,1H3. The second-order valence-corrected chi connectivity index (χ2v) is 4.62. The third kappa shape index (κ3) is 1.54. The van der Waals surface area contributed by atoms with Crippen LogP contribution in [0.15, 0.2) is 34.7 Å². The molecule has 2 unspecified atom stereocenters. The highest BCUT2D eigenvalue weighted by Crippen LogP contribution is 2.36. The van der Waals surface area contributed by atoms with Gasteiger partial charge in [0.25, 0.3) is 0 Å². The molecule has 0 spiro atoms. The lowest BCUT2D eigenvalue weighted by atomic mass is 10.0. The van der Waals surface area contributed by atoms with Gasteiger partial charge in [0.05, 0.1) is 0 Å². The predicted octanol–water partition coefficient (Wildman–Crippen LogP) is 3.29. The second-order valence-electron chi connectivity index (χ2n) is 4.62. The Morgan fingerprint density at radius 1 is 1.25 bits per heavy atom. The lowest BCUT2D eigenvalue weighted by molar-refractivity contribution is 0.435. The maximum Gasteiger partial charge on any atom is 0.134 e. The Balaban J connectivity index is 1.99. The first-order chi connectivity index (χ1) is 7.88. The first-order valence-electron chi connectivity index (χ1n) is 6.04. The molecule has 1 N–H and O–H groups in total. The summed E-state index contributed by atoms with van der Waals surface area (Å²) in [4.78, 5) is 0. The van der Waals surface area contributed by atoms with Crippen LogP contribution in [0.25, 0.3) is 11.0 Å². The summed E-state index contributed by atoms with van der Waals surface area (Å²) in [5, 5.41) is 4.62. The number of rotatable bonds is 2. The van der Waals surface area contributed by atoms with Crippen LogP contribution in [-0.4, -0.2) is 13.1 Å². The van der Waals surface area contributed by atoms with Crippen molar-refractivity contribution in [2.45, 2.75) is 31.2 Å². The van der Waals surface area contributed by atoms with Crippen molar-refractivity contribution in [2.24, 2.45) is 0 Å². The molecule has 2 heteroatoms. The van der Waals surface area contributed by atoms with Gasteiger partial charge in [0.2, 0.25) is 0 Å². The maximum atomic E-state index is 5.94. The quantitative estimate of drug-likeness (QED) is 0.831. The van der Waals surface area contributed by atoms with Gasteiger partial charge in [-0.25, -0.2) is 0 Å². The number of benzene rings is 1. The molecule has 1 heterocycles. The number of nitrogens with one attached hydrogen (secondary N) is 1. The van der Waals surface area contributed by atoms with Gasteiger partial charge in [0.1, 0.15) is 11.3 Å². The van der Waals surface area contributed by atoms with Crippen LogP contribution < -0.4 is 5.32 Å². The number of likely N-dealkylation sites (N-methyl/N-ethyl adjacent to an activating group) is 1. The van der Waals surface area contributed by atoms with Crippen LogP contribution in [0.1, 0.15) is 30.9 Å². The van der Waals surface area contributed by atoms with Crippen LogP contribution in [0.5, 0.6) is 0 Å². The summed E-state index contributed by atoms with van der Waals surface area (Å²) in [5.74, 6) is 1.70. The van der Waals surface area contributed by atoms with E-state index in [0.29, 0.717) is 12.0 Å². The van der Waals surface area contributed by atoms with Gasteiger partial charge < -0.3 is 9.73 Å². The molecule has 1 saturated carbocycles. The van der Waals surface area contributed by atoms with Crippen molar-refractivity contribution in [1.29, 1.82) is 0 Å². The molecule has 0 saturated heterocycles. The Morgan fingerprint density at radius 2 is 2.12 bits per heavy atom. The van der Waals surface area contributed by atoms with E-state index in [1.54, 1.807) is 0 Å². The van der Waals surface area contributed by atoms with E-state index in [9.17, 15) is 0 Å². The molecule has 0 aliphatic heterocycles. The summed E-state index contributed by atoms with van der Waals surface area (Å²) in [6.45, 7) is 0. The molecular weight excluding hydrogens is 198 g/mol. The van der Waals surface area contributed by atoms with Crippen LogP contribution in [0.4, 0.5) is 0 Å². The molecule has 1 aromatic heterocycles. The van der Waals surface area contributed by atoms with Crippen LogP contribution in [0.2, 0.25) is 0 Å². The van der Waals surface area contributed by atoms with E-state index < -0.39 is 0 Å². The third-order valence-corrected chi connectivity index (χ3v) is 3.70. The molecule has 2 nitrogen and oxygen atoms in total. The monoisotopic (exact) mass is 215 g/mol. The molecule has 1 aliphatic carbocycles. The molecule has 0 bridgehead atoms. The Labute approximate surface area is 95.6 Å². The summed E-state index contributed by atoms with van der Waals surface area (Å²) < 4.78 is 5.94. The van der Waals surface area contributed by atoms with E-state index >= 15 is 0 Å². The Hall–Kier alpha value is -1.28. The largest absolute Gasteiger partial charge is 0.461 e. The van der Waals surface area contributed by atoms with Crippen LogP contribution in [-0.2, 0) is 0 Å². The highest BCUT2D eigenvalue weighted by Gasteiger charge is 2.29. The zero-order chi connectivity index (χ0) is 11.0. The summed E-state index contributed by atoms with van der Waals surface area (Å²) in [6, 6.07) is 11.0. The maximum absolute atomic E-state index is 5.94. The van der Waals surface area contributed by atoms with Gasteiger partial charge >= 0.3 is 0 Å². The van der Waals surface area contributed by atoms with E-state index in [1.807, 2.05) is 19.2 Å². The van der Waals surface area contributed by atoms with Crippen molar-refractivity contribution < 1.29 is 4.42 Å². The molecule has 1 aromatic carbocycles. The van der Waals surface area contributed by atoms with E-state index in [2.05, 4.69) is 23.5 Å². The number of hydrogen-bond donors (Lipinski definition) is 1. The van der Waals surface area contributed by atoms with Gasteiger partial charge in [-0.2, -0.15) is 0 Å². The average Bonchev–Trinajstić information content (AvgIpc) is 2.94. The number of furan rings is 1. The summed E-state index contributed by atoms with van der Waals surface area (Å²) >= 11 is 0. The first-order valence-corrected chi connectivity index (χ1v) is 6.04.